The Hall–Kier alpha value is -2.08. The number of hydrogen-bond acceptors (Lipinski definition) is 4. The van der Waals surface area contributed by atoms with Crippen molar-refractivity contribution < 1.29 is 19.1 Å². The van der Waals surface area contributed by atoms with Gasteiger partial charge < -0.3 is 20.1 Å². The molecule has 2 amide bonds. The average molecular weight is 350 g/mol. The van der Waals surface area contributed by atoms with E-state index in [1.165, 1.54) is 0 Å². The lowest BCUT2D eigenvalue weighted by molar-refractivity contribution is -0.123. The number of methoxy groups -OCH3 is 1. The van der Waals surface area contributed by atoms with E-state index in [1.54, 1.807) is 27.9 Å². The Morgan fingerprint density at radius 2 is 1.80 bits per heavy atom. The van der Waals surface area contributed by atoms with E-state index in [4.69, 9.17) is 9.47 Å². The number of ether oxygens (including phenoxy) is 2. The normalized spacial score (nSPS) is 12.3. The Bertz CT molecular complexity index is 526. The summed E-state index contributed by atoms with van der Waals surface area (Å²) in [7, 11) is 1.65. The molecule has 25 heavy (non-hydrogen) atoms. The minimum Gasteiger partial charge on any atom is -0.444 e. The summed E-state index contributed by atoms with van der Waals surface area (Å²) in [5, 5.41) is 5.54. The van der Waals surface area contributed by atoms with Crippen LogP contribution in [0.5, 0.6) is 0 Å². The zero-order valence-electron chi connectivity index (χ0n) is 15.6. The fraction of sp³-hybridized carbons (Fsp3) is 0.579. The molecule has 1 aromatic rings. The predicted octanol–water partition coefficient (Wildman–Crippen LogP) is 2.67. The second-order valence-electron chi connectivity index (χ2n) is 6.88. The highest BCUT2D eigenvalue weighted by molar-refractivity contribution is 5.86. The number of carbonyl (C=O) groups excluding carboxylic acids is 2. The van der Waals surface area contributed by atoms with Crippen LogP contribution in [0.3, 0.4) is 0 Å². The SMILES string of the molecule is COCCCCNC(=O)C(Cc1ccccc1)NC(=O)OC(C)(C)C. The van der Waals surface area contributed by atoms with Gasteiger partial charge >= 0.3 is 6.09 Å². The number of alkyl carbamates (subject to hydrolysis) is 1. The summed E-state index contributed by atoms with van der Waals surface area (Å²) in [6, 6.07) is 8.89. The van der Waals surface area contributed by atoms with E-state index in [9.17, 15) is 9.59 Å². The van der Waals surface area contributed by atoms with Gasteiger partial charge in [0, 0.05) is 26.7 Å². The van der Waals surface area contributed by atoms with Crippen LogP contribution in [0.1, 0.15) is 39.2 Å². The second-order valence-corrected chi connectivity index (χ2v) is 6.88. The van der Waals surface area contributed by atoms with E-state index in [0.717, 1.165) is 18.4 Å². The molecule has 1 unspecified atom stereocenters. The third kappa shape index (κ3) is 9.72. The minimum absolute atomic E-state index is 0.216. The first-order chi connectivity index (χ1) is 11.8. The van der Waals surface area contributed by atoms with Gasteiger partial charge in [-0.1, -0.05) is 30.3 Å². The van der Waals surface area contributed by atoms with Crippen LogP contribution in [0.4, 0.5) is 4.79 Å². The fourth-order valence-electron chi connectivity index (χ4n) is 2.22. The summed E-state index contributed by atoms with van der Waals surface area (Å²) in [5.41, 5.74) is 0.357. The molecule has 6 heteroatoms. The van der Waals surface area contributed by atoms with Gasteiger partial charge in [-0.2, -0.15) is 0 Å². The highest BCUT2D eigenvalue weighted by atomic mass is 16.6. The molecule has 1 rings (SSSR count). The molecule has 1 atom stereocenters. The van der Waals surface area contributed by atoms with Gasteiger partial charge in [0.1, 0.15) is 11.6 Å². The maximum absolute atomic E-state index is 12.5. The first-order valence-electron chi connectivity index (χ1n) is 8.62. The summed E-state index contributed by atoms with van der Waals surface area (Å²) in [4.78, 5) is 24.5. The molecule has 0 aliphatic carbocycles. The van der Waals surface area contributed by atoms with Crippen LogP contribution < -0.4 is 10.6 Å². The number of benzene rings is 1. The highest BCUT2D eigenvalue weighted by Gasteiger charge is 2.24. The minimum atomic E-state index is -0.681. The first kappa shape index (κ1) is 21.0. The number of hydrogen-bond donors (Lipinski definition) is 2. The average Bonchev–Trinajstić information content (AvgIpc) is 2.53. The molecule has 0 aliphatic rings. The van der Waals surface area contributed by atoms with Crippen LogP contribution in [-0.2, 0) is 20.7 Å². The Morgan fingerprint density at radius 1 is 1.12 bits per heavy atom. The topological polar surface area (TPSA) is 76.7 Å². The highest BCUT2D eigenvalue weighted by Crippen LogP contribution is 2.08. The van der Waals surface area contributed by atoms with Gasteiger partial charge in [-0.3, -0.25) is 4.79 Å². The van der Waals surface area contributed by atoms with Crippen LogP contribution in [-0.4, -0.2) is 43.9 Å². The molecule has 0 aromatic heterocycles. The standard InChI is InChI=1S/C19H30N2O4/c1-19(2,3)25-18(23)21-16(14-15-10-6-5-7-11-15)17(22)20-12-8-9-13-24-4/h5-7,10-11,16H,8-9,12-14H2,1-4H3,(H,20,22)(H,21,23). The Balaban J connectivity index is 2.63. The molecule has 2 N–H and O–H groups in total. The zero-order chi connectivity index (χ0) is 18.7. The van der Waals surface area contributed by atoms with Crippen LogP contribution in [0, 0.1) is 0 Å². The van der Waals surface area contributed by atoms with Crippen LogP contribution >= 0.6 is 0 Å². The van der Waals surface area contributed by atoms with Crippen LogP contribution in [0.25, 0.3) is 0 Å². The van der Waals surface area contributed by atoms with Gasteiger partial charge in [0.25, 0.3) is 0 Å². The maximum Gasteiger partial charge on any atom is 0.408 e. The van der Waals surface area contributed by atoms with Gasteiger partial charge in [-0.25, -0.2) is 4.79 Å². The number of nitrogens with one attached hydrogen (secondary N) is 2. The van der Waals surface area contributed by atoms with E-state index in [2.05, 4.69) is 10.6 Å². The molecular formula is C19H30N2O4. The van der Waals surface area contributed by atoms with Crippen LogP contribution in [0.15, 0.2) is 30.3 Å². The summed E-state index contributed by atoms with van der Waals surface area (Å²) in [6.07, 6.45) is 1.51. The van der Waals surface area contributed by atoms with Crippen molar-refractivity contribution >= 4 is 12.0 Å². The van der Waals surface area contributed by atoms with E-state index in [1.807, 2.05) is 30.3 Å². The summed E-state index contributed by atoms with van der Waals surface area (Å²) in [6.45, 7) is 6.57. The lowest BCUT2D eigenvalue weighted by Gasteiger charge is -2.23. The zero-order valence-corrected chi connectivity index (χ0v) is 15.6. The van der Waals surface area contributed by atoms with E-state index in [-0.39, 0.29) is 5.91 Å². The molecule has 0 fully saturated rings. The van der Waals surface area contributed by atoms with Gasteiger partial charge in [-0.15, -0.1) is 0 Å². The quantitative estimate of drug-likeness (QED) is 0.671. The van der Waals surface area contributed by atoms with Gasteiger partial charge in [-0.05, 0) is 39.2 Å². The van der Waals surface area contributed by atoms with Crippen molar-refractivity contribution in [3.8, 4) is 0 Å². The maximum atomic E-state index is 12.5. The Kier molecular flexibility index (Phi) is 8.99. The van der Waals surface area contributed by atoms with Crippen molar-refractivity contribution in [3.63, 3.8) is 0 Å². The first-order valence-corrected chi connectivity index (χ1v) is 8.62. The van der Waals surface area contributed by atoms with Gasteiger partial charge in [0.2, 0.25) is 5.91 Å². The third-order valence-corrected chi connectivity index (χ3v) is 3.36. The Morgan fingerprint density at radius 3 is 2.40 bits per heavy atom. The van der Waals surface area contributed by atoms with Crippen molar-refractivity contribution in [3.05, 3.63) is 35.9 Å². The molecule has 140 valence electrons. The van der Waals surface area contributed by atoms with E-state index < -0.39 is 17.7 Å². The lowest BCUT2D eigenvalue weighted by Crippen LogP contribution is -2.49. The molecule has 0 heterocycles. The Labute approximate surface area is 150 Å². The van der Waals surface area contributed by atoms with Crippen molar-refractivity contribution in [1.29, 1.82) is 0 Å². The van der Waals surface area contributed by atoms with Crippen molar-refractivity contribution in [1.82, 2.24) is 10.6 Å². The number of unbranched alkanes of at least 4 members (excludes halogenated alkanes) is 1. The molecule has 0 bridgehead atoms. The molecule has 0 saturated heterocycles. The predicted molar refractivity (Wildman–Crippen MR) is 97.4 cm³/mol. The number of rotatable bonds is 9. The molecule has 0 saturated carbocycles. The van der Waals surface area contributed by atoms with Crippen molar-refractivity contribution in [2.45, 2.75) is 51.7 Å². The third-order valence-electron chi connectivity index (χ3n) is 3.36. The van der Waals surface area contributed by atoms with Gasteiger partial charge in [0.05, 0.1) is 0 Å². The smallest absolute Gasteiger partial charge is 0.408 e. The molecule has 1 aromatic carbocycles. The molecule has 0 radical (unpaired) electrons. The van der Waals surface area contributed by atoms with Crippen molar-refractivity contribution in [2.24, 2.45) is 0 Å². The van der Waals surface area contributed by atoms with Crippen LogP contribution in [0.2, 0.25) is 0 Å². The summed E-state index contributed by atoms with van der Waals surface area (Å²) in [5.74, 6) is -0.216. The van der Waals surface area contributed by atoms with E-state index >= 15 is 0 Å². The molecule has 0 aliphatic heterocycles. The monoisotopic (exact) mass is 350 g/mol. The second kappa shape index (κ2) is 10.7. The molecule has 0 spiro atoms. The summed E-state index contributed by atoms with van der Waals surface area (Å²) >= 11 is 0. The fourth-order valence-corrected chi connectivity index (χ4v) is 2.22. The number of amides is 2. The molecule has 6 nitrogen and oxygen atoms in total. The summed E-state index contributed by atoms with van der Waals surface area (Å²) < 4.78 is 10.3. The number of carbonyl (C=O) groups is 2. The molecular weight excluding hydrogens is 320 g/mol. The lowest BCUT2D eigenvalue weighted by atomic mass is 10.1. The largest absolute Gasteiger partial charge is 0.444 e. The van der Waals surface area contributed by atoms with E-state index in [0.29, 0.717) is 19.6 Å². The van der Waals surface area contributed by atoms with Crippen molar-refractivity contribution in [2.75, 3.05) is 20.3 Å². The van der Waals surface area contributed by atoms with Gasteiger partial charge in [0.15, 0.2) is 0 Å².